The van der Waals surface area contributed by atoms with Crippen molar-refractivity contribution in [2.75, 3.05) is 12.4 Å². The maximum absolute atomic E-state index is 12.5. The number of methoxy groups -OCH3 is 1. The Morgan fingerprint density at radius 3 is 2.60 bits per heavy atom. The van der Waals surface area contributed by atoms with Gasteiger partial charge in [0.1, 0.15) is 18.0 Å². The number of para-hydroxylation sites is 1. The summed E-state index contributed by atoms with van der Waals surface area (Å²) in [5, 5.41) is 2.88. The molecule has 5 nitrogen and oxygen atoms in total. The third kappa shape index (κ3) is 4.40. The van der Waals surface area contributed by atoms with Crippen molar-refractivity contribution in [2.24, 2.45) is 0 Å². The van der Waals surface area contributed by atoms with Gasteiger partial charge in [-0.15, -0.1) is 0 Å². The maximum atomic E-state index is 12.5. The Bertz CT molecular complexity index is 1060. The predicted molar refractivity (Wildman–Crippen MR) is 117 cm³/mol. The van der Waals surface area contributed by atoms with Crippen LogP contribution in [-0.2, 0) is 13.0 Å². The molecule has 4 rings (SSSR count). The minimum Gasteiger partial charge on any atom is -0.497 e. The summed E-state index contributed by atoms with van der Waals surface area (Å²) in [5.74, 6) is 2.10. The van der Waals surface area contributed by atoms with Crippen LogP contribution in [0.5, 0.6) is 17.2 Å². The Labute approximate surface area is 176 Å². The van der Waals surface area contributed by atoms with E-state index in [9.17, 15) is 4.79 Å². The molecule has 3 aromatic rings. The van der Waals surface area contributed by atoms with Crippen LogP contribution in [0.4, 0.5) is 5.69 Å². The summed E-state index contributed by atoms with van der Waals surface area (Å²) in [4.78, 5) is 12.5. The number of ether oxygens (including phenoxy) is 3. The van der Waals surface area contributed by atoms with Gasteiger partial charge in [0, 0.05) is 29.3 Å². The molecule has 0 aliphatic carbocycles. The number of hydrogen-bond acceptors (Lipinski definition) is 4. The zero-order valence-corrected chi connectivity index (χ0v) is 17.4. The number of hydrogen-bond donors (Lipinski definition) is 1. The predicted octanol–water partition coefficient (Wildman–Crippen LogP) is 5.24. The van der Waals surface area contributed by atoms with Crippen LogP contribution >= 0.6 is 0 Å². The molecule has 1 aliphatic rings. The third-order valence-electron chi connectivity index (χ3n) is 4.99. The van der Waals surface area contributed by atoms with Crippen molar-refractivity contribution in [3.05, 3.63) is 83.4 Å². The highest BCUT2D eigenvalue weighted by Gasteiger charge is 2.32. The van der Waals surface area contributed by atoms with Gasteiger partial charge in [-0.1, -0.05) is 30.3 Å². The van der Waals surface area contributed by atoms with Gasteiger partial charge in [-0.25, -0.2) is 0 Å². The Morgan fingerprint density at radius 2 is 1.83 bits per heavy atom. The molecule has 0 saturated heterocycles. The van der Waals surface area contributed by atoms with E-state index < -0.39 is 0 Å². The normalized spacial score (nSPS) is 13.8. The second kappa shape index (κ2) is 8.11. The number of benzene rings is 3. The lowest BCUT2D eigenvalue weighted by molar-refractivity contribution is 0.102. The van der Waals surface area contributed by atoms with E-state index in [0.717, 1.165) is 23.5 Å². The molecule has 30 heavy (non-hydrogen) atoms. The monoisotopic (exact) mass is 403 g/mol. The molecule has 0 bridgehead atoms. The topological polar surface area (TPSA) is 56.8 Å². The van der Waals surface area contributed by atoms with Gasteiger partial charge < -0.3 is 19.5 Å². The molecule has 0 spiro atoms. The number of amides is 1. The van der Waals surface area contributed by atoms with Gasteiger partial charge in [0.25, 0.3) is 5.91 Å². The molecule has 1 amide bonds. The molecule has 0 fully saturated rings. The van der Waals surface area contributed by atoms with Gasteiger partial charge in [0.05, 0.1) is 7.11 Å². The second-order valence-corrected chi connectivity index (χ2v) is 7.95. The van der Waals surface area contributed by atoms with Crippen molar-refractivity contribution < 1.29 is 19.0 Å². The number of carbonyl (C=O) groups excluding carboxylic acids is 1. The van der Waals surface area contributed by atoms with Gasteiger partial charge >= 0.3 is 0 Å². The van der Waals surface area contributed by atoms with E-state index in [1.807, 2.05) is 42.5 Å². The van der Waals surface area contributed by atoms with E-state index >= 15 is 0 Å². The van der Waals surface area contributed by atoms with Crippen molar-refractivity contribution in [2.45, 2.75) is 32.5 Å². The van der Waals surface area contributed by atoms with Crippen LogP contribution < -0.4 is 19.5 Å². The molecule has 5 heteroatoms. The molecule has 1 N–H and O–H groups in total. The summed E-state index contributed by atoms with van der Waals surface area (Å²) in [6.45, 7) is 4.55. The fraction of sp³-hybridized carbons (Fsp3) is 0.240. The van der Waals surface area contributed by atoms with Crippen LogP contribution in [0.2, 0.25) is 0 Å². The molecule has 0 saturated carbocycles. The first-order chi connectivity index (χ1) is 14.4. The number of nitrogens with one attached hydrogen (secondary N) is 1. The maximum Gasteiger partial charge on any atom is 0.255 e. The zero-order chi connectivity index (χ0) is 21.1. The first-order valence-electron chi connectivity index (χ1n) is 9.91. The van der Waals surface area contributed by atoms with Crippen LogP contribution in [0.1, 0.15) is 35.3 Å². The van der Waals surface area contributed by atoms with Crippen LogP contribution in [0.25, 0.3) is 0 Å². The molecular formula is C25H25NO4. The molecule has 0 atom stereocenters. The van der Waals surface area contributed by atoms with Crippen molar-refractivity contribution in [3.8, 4) is 17.2 Å². The summed E-state index contributed by atoms with van der Waals surface area (Å²) in [6.07, 6.45) is 0.872. The Morgan fingerprint density at radius 1 is 1.07 bits per heavy atom. The van der Waals surface area contributed by atoms with Gasteiger partial charge in [-0.2, -0.15) is 0 Å². The SMILES string of the molecule is COc1cccc(NC(=O)c2ccc(COc3cccc4c3OC(C)(C)C4)cc2)c1. The Kier molecular flexibility index (Phi) is 5.36. The fourth-order valence-corrected chi connectivity index (χ4v) is 3.52. The van der Waals surface area contributed by atoms with Gasteiger partial charge in [0.15, 0.2) is 11.5 Å². The average molecular weight is 403 g/mol. The van der Waals surface area contributed by atoms with Crippen LogP contribution in [0.15, 0.2) is 66.7 Å². The quantitative estimate of drug-likeness (QED) is 0.612. The largest absolute Gasteiger partial charge is 0.497 e. The summed E-state index contributed by atoms with van der Waals surface area (Å²) < 4.78 is 17.2. The van der Waals surface area contributed by atoms with Crippen molar-refractivity contribution in [1.29, 1.82) is 0 Å². The molecule has 0 aromatic heterocycles. The Hall–Kier alpha value is -3.47. The highest BCUT2D eigenvalue weighted by molar-refractivity contribution is 6.04. The summed E-state index contributed by atoms with van der Waals surface area (Å²) in [7, 11) is 1.60. The zero-order valence-electron chi connectivity index (χ0n) is 17.4. The summed E-state index contributed by atoms with van der Waals surface area (Å²) >= 11 is 0. The lowest BCUT2D eigenvalue weighted by Gasteiger charge is -2.18. The van der Waals surface area contributed by atoms with E-state index in [1.54, 1.807) is 25.3 Å². The summed E-state index contributed by atoms with van der Waals surface area (Å²) in [6, 6.07) is 20.6. The number of anilines is 1. The van der Waals surface area contributed by atoms with E-state index in [2.05, 4.69) is 25.2 Å². The second-order valence-electron chi connectivity index (χ2n) is 7.95. The van der Waals surface area contributed by atoms with Crippen LogP contribution in [0, 0.1) is 0 Å². The van der Waals surface area contributed by atoms with E-state index in [-0.39, 0.29) is 11.5 Å². The van der Waals surface area contributed by atoms with Gasteiger partial charge in [0.2, 0.25) is 0 Å². The molecule has 3 aromatic carbocycles. The minimum atomic E-state index is -0.209. The highest BCUT2D eigenvalue weighted by atomic mass is 16.5. The van der Waals surface area contributed by atoms with Gasteiger partial charge in [-0.3, -0.25) is 4.79 Å². The van der Waals surface area contributed by atoms with Crippen molar-refractivity contribution >= 4 is 11.6 Å². The van der Waals surface area contributed by atoms with Crippen molar-refractivity contribution in [1.82, 2.24) is 0 Å². The molecular weight excluding hydrogens is 378 g/mol. The Balaban J connectivity index is 1.39. The summed E-state index contributed by atoms with van der Waals surface area (Å²) in [5.41, 5.74) is 3.20. The van der Waals surface area contributed by atoms with Crippen molar-refractivity contribution in [3.63, 3.8) is 0 Å². The first kappa shape index (κ1) is 19.8. The standard InChI is InChI=1S/C25H25NO4/c1-25(2)15-19-6-4-9-22(23(19)30-25)29-16-17-10-12-18(13-11-17)24(27)26-20-7-5-8-21(14-20)28-3/h4-14H,15-16H2,1-3H3,(H,26,27). The van der Waals surface area contributed by atoms with Crippen LogP contribution in [0.3, 0.4) is 0 Å². The lowest BCUT2D eigenvalue weighted by atomic mass is 10.0. The molecule has 0 unspecified atom stereocenters. The number of carbonyl (C=O) groups is 1. The number of rotatable bonds is 6. The molecule has 154 valence electrons. The smallest absolute Gasteiger partial charge is 0.255 e. The highest BCUT2D eigenvalue weighted by Crippen LogP contribution is 2.41. The lowest BCUT2D eigenvalue weighted by Crippen LogP contribution is -2.24. The molecule has 1 aliphatic heterocycles. The van der Waals surface area contributed by atoms with Crippen LogP contribution in [-0.4, -0.2) is 18.6 Å². The fourth-order valence-electron chi connectivity index (χ4n) is 3.52. The number of fused-ring (bicyclic) bond motifs is 1. The minimum absolute atomic E-state index is 0.174. The van der Waals surface area contributed by atoms with E-state index in [4.69, 9.17) is 14.2 Å². The average Bonchev–Trinajstić information content (AvgIpc) is 3.07. The molecule has 0 radical (unpaired) electrons. The van der Waals surface area contributed by atoms with Gasteiger partial charge in [-0.05, 0) is 49.7 Å². The third-order valence-corrected chi connectivity index (χ3v) is 4.99. The van der Waals surface area contributed by atoms with E-state index in [0.29, 0.717) is 23.6 Å². The first-order valence-corrected chi connectivity index (χ1v) is 9.91. The molecule has 1 heterocycles. The van der Waals surface area contributed by atoms with E-state index in [1.165, 1.54) is 5.56 Å².